The first-order valence-electron chi connectivity index (χ1n) is 7.01. The summed E-state index contributed by atoms with van der Waals surface area (Å²) in [5, 5.41) is 3.04. The van der Waals surface area contributed by atoms with Crippen LogP contribution in [0.2, 0.25) is 0 Å². The Morgan fingerprint density at radius 3 is 2.33 bits per heavy atom. The van der Waals surface area contributed by atoms with E-state index in [2.05, 4.69) is 17.4 Å². The summed E-state index contributed by atoms with van der Waals surface area (Å²) >= 11 is 0. The largest absolute Gasteiger partial charge is 0.416 e. The van der Waals surface area contributed by atoms with Crippen LogP contribution in [-0.2, 0) is 12.6 Å². The van der Waals surface area contributed by atoms with Gasteiger partial charge in [0.1, 0.15) is 0 Å². The molecule has 1 N–H and O–H groups in total. The molecule has 0 amide bonds. The van der Waals surface area contributed by atoms with Gasteiger partial charge in [-0.1, -0.05) is 36.4 Å². The molecule has 2 aromatic rings. The number of benzene rings is 2. The van der Waals surface area contributed by atoms with Gasteiger partial charge in [-0.15, -0.1) is 0 Å². The molecule has 0 bridgehead atoms. The molecule has 2 aromatic carbocycles. The van der Waals surface area contributed by atoms with Crippen LogP contribution in [0.25, 0.3) is 0 Å². The number of alkyl halides is 3. The highest BCUT2D eigenvalue weighted by molar-refractivity contribution is 5.46. The molecule has 0 aliphatic heterocycles. The fraction of sp³-hybridized carbons (Fsp3) is 0.294. The van der Waals surface area contributed by atoms with Crippen molar-refractivity contribution in [2.45, 2.75) is 25.4 Å². The van der Waals surface area contributed by atoms with Gasteiger partial charge in [-0.05, 0) is 43.0 Å². The van der Waals surface area contributed by atoms with E-state index in [9.17, 15) is 13.2 Å². The van der Waals surface area contributed by atoms with Crippen molar-refractivity contribution >= 4 is 5.69 Å². The Morgan fingerprint density at radius 2 is 1.62 bits per heavy atom. The molecule has 2 rings (SSSR count). The maximum Gasteiger partial charge on any atom is 0.416 e. The van der Waals surface area contributed by atoms with E-state index in [1.807, 2.05) is 18.2 Å². The van der Waals surface area contributed by atoms with Crippen LogP contribution in [0.5, 0.6) is 0 Å². The molecule has 0 saturated carbocycles. The minimum absolute atomic E-state index is 0.518. The average molecular weight is 293 g/mol. The Kier molecular flexibility index (Phi) is 5.26. The molecule has 0 saturated heterocycles. The predicted octanol–water partition coefficient (Wildman–Crippen LogP) is 5.14. The standard InChI is InChI=1S/C17H18F3N/c18-17(19,20)15-10-6-11-16(13-15)21-12-5-4-9-14-7-2-1-3-8-14/h1-3,6-8,10-11,13,21H,4-5,9,12H2. The van der Waals surface area contributed by atoms with Crippen molar-refractivity contribution < 1.29 is 13.2 Å². The molecule has 1 nitrogen and oxygen atoms in total. The van der Waals surface area contributed by atoms with E-state index in [-0.39, 0.29) is 0 Å². The highest BCUT2D eigenvalue weighted by Crippen LogP contribution is 2.30. The topological polar surface area (TPSA) is 12.0 Å². The molecule has 0 fully saturated rings. The molecule has 0 aliphatic carbocycles. The summed E-state index contributed by atoms with van der Waals surface area (Å²) in [6.45, 7) is 0.675. The monoisotopic (exact) mass is 293 g/mol. The number of hydrogen-bond acceptors (Lipinski definition) is 1. The molecule has 0 spiro atoms. The predicted molar refractivity (Wildman–Crippen MR) is 79.3 cm³/mol. The van der Waals surface area contributed by atoms with Crippen LogP contribution in [0.4, 0.5) is 18.9 Å². The highest BCUT2D eigenvalue weighted by atomic mass is 19.4. The second kappa shape index (κ2) is 7.16. The Hall–Kier alpha value is -1.97. The molecule has 0 atom stereocenters. The SMILES string of the molecule is FC(F)(F)c1cccc(NCCCCc2ccccc2)c1. The summed E-state index contributed by atoms with van der Waals surface area (Å²) in [4.78, 5) is 0. The van der Waals surface area contributed by atoms with Crippen LogP contribution < -0.4 is 5.32 Å². The lowest BCUT2D eigenvalue weighted by Crippen LogP contribution is -2.07. The zero-order valence-electron chi connectivity index (χ0n) is 11.7. The maximum atomic E-state index is 12.6. The van der Waals surface area contributed by atoms with Gasteiger partial charge in [0.05, 0.1) is 5.56 Å². The Balaban J connectivity index is 1.74. The first-order chi connectivity index (χ1) is 10.1. The van der Waals surface area contributed by atoms with Gasteiger partial charge in [0.2, 0.25) is 0 Å². The zero-order chi connectivity index (χ0) is 15.1. The van der Waals surface area contributed by atoms with Gasteiger partial charge < -0.3 is 5.32 Å². The molecule has 0 aromatic heterocycles. The Bertz CT molecular complexity index is 549. The lowest BCUT2D eigenvalue weighted by Gasteiger charge is -2.10. The number of hydrogen-bond donors (Lipinski definition) is 1. The first-order valence-corrected chi connectivity index (χ1v) is 7.01. The highest BCUT2D eigenvalue weighted by Gasteiger charge is 2.30. The molecule has 0 unspecified atom stereocenters. The molecule has 112 valence electrons. The van der Waals surface area contributed by atoms with E-state index in [0.717, 1.165) is 31.4 Å². The molecular formula is C17H18F3N. The summed E-state index contributed by atoms with van der Waals surface area (Å²) in [7, 11) is 0. The van der Waals surface area contributed by atoms with Crippen molar-refractivity contribution in [2.24, 2.45) is 0 Å². The molecule has 0 aliphatic rings. The number of anilines is 1. The third-order valence-corrected chi connectivity index (χ3v) is 3.25. The van der Waals surface area contributed by atoms with Crippen LogP contribution in [0, 0.1) is 0 Å². The fourth-order valence-corrected chi connectivity index (χ4v) is 2.14. The summed E-state index contributed by atoms with van der Waals surface area (Å²) in [6.07, 6.45) is -1.36. The van der Waals surface area contributed by atoms with Crippen molar-refractivity contribution in [1.82, 2.24) is 0 Å². The van der Waals surface area contributed by atoms with Crippen LogP contribution in [0.3, 0.4) is 0 Å². The fourth-order valence-electron chi connectivity index (χ4n) is 2.14. The molecule has 0 heterocycles. The molecule has 4 heteroatoms. The lowest BCUT2D eigenvalue weighted by atomic mass is 10.1. The van der Waals surface area contributed by atoms with Gasteiger partial charge in [-0.25, -0.2) is 0 Å². The number of rotatable bonds is 6. The molecule has 0 radical (unpaired) electrons. The number of nitrogens with one attached hydrogen (secondary N) is 1. The Labute approximate surface area is 122 Å². The van der Waals surface area contributed by atoms with E-state index in [1.165, 1.54) is 11.6 Å². The van der Waals surface area contributed by atoms with E-state index in [0.29, 0.717) is 12.2 Å². The third kappa shape index (κ3) is 5.14. The Morgan fingerprint density at radius 1 is 0.857 bits per heavy atom. The van der Waals surface area contributed by atoms with Gasteiger partial charge in [-0.3, -0.25) is 0 Å². The van der Waals surface area contributed by atoms with Crippen molar-refractivity contribution in [1.29, 1.82) is 0 Å². The van der Waals surface area contributed by atoms with Crippen molar-refractivity contribution in [2.75, 3.05) is 11.9 Å². The van der Waals surface area contributed by atoms with Crippen LogP contribution in [-0.4, -0.2) is 6.54 Å². The van der Waals surface area contributed by atoms with E-state index in [1.54, 1.807) is 6.07 Å². The van der Waals surface area contributed by atoms with Crippen molar-refractivity contribution in [3.63, 3.8) is 0 Å². The molecular weight excluding hydrogens is 275 g/mol. The third-order valence-electron chi connectivity index (χ3n) is 3.25. The summed E-state index contributed by atoms with van der Waals surface area (Å²) in [5.74, 6) is 0. The smallest absolute Gasteiger partial charge is 0.385 e. The van der Waals surface area contributed by atoms with Gasteiger partial charge in [-0.2, -0.15) is 13.2 Å². The number of unbranched alkanes of at least 4 members (excludes halogenated alkanes) is 1. The first kappa shape index (κ1) is 15.4. The number of aryl methyl sites for hydroxylation is 1. The normalized spacial score (nSPS) is 11.4. The van der Waals surface area contributed by atoms with Crippen LogP contribution in [0.1, 0.15) is 24.0 Å². The van der Waals surface area contributed by atoms with E-state index >= 15 is 0 Å². The average Bonchev–Trinajstić information content (AvgIpc) is 2.47. The summed E-state index contributed by atoms with van der Waals surface area (Å²) in [6, 6.07) is 15.5. The van der Waals surface area contributed by atoms with Crippen molar-refractivity contribution in [3.8, 4) is 0 Å². The van der Waals surface area contributed by atoms with Crippen LogP contribution in [0.15, 0.2) is 54.6 Å². The van der Waals surface area contributed by atoms with Crippen LogP contribution >= 0.6 is 0 Å². The lowest BCUT2D eigenvalue weighted by molar-refractivity contribution is -0.137. The zero-order valence-corrected chi connectivity index (χ0v) is 11.7. The maximum absolute atomic E-state index is 12.6. The number of halogens is 3. The molecule has 21 heavy (non-hydrogen) atoms. The van der Waals surface area contributed by atoms with Crippen molar-refractivity contribution in [3.05, 3.63) is 65.7 Å². The van der Waals surface area contributed by atoms with E-state index < -0.39 is 11.7 Å². The second-order valence-electron chi connectivity index (χ2n) is 4.95. The minimum Gasteiger partial charge on any atom is -0.385 e. The van der Waals surface area contributed by atoms with Gasteiger partial charge >= 0.3 is 6.18 Å². The van der Waals surface area contributed by atoms with E-state index in [4.69, 9.17) is 0 Å². The summed E-state index contributed by atoms with van der Waals surface area (Å²) in [5.41, 5.74) is 1.19. The van der Waals surface area contributed by atoms with Gasteiger partial charge in [0, 0.05) is 12.2 Å². The summed E-state index contributed by atoms with van der Waals surface area (Å²) < 4.78 is 37.7. The second-order valence-corrected chi connectivity index (χ2v) is 4.95. The minimum atomic E-state index is -4.29. The van der Waals surface area contributed by atoms with Gasteiger partial charge in [0.15, 0.2) is 0 Å². The van der Waals surface area contributed by atoms with Gasteiger partial charge in [0.25, 0.3) is 0 Å². The quantitative estimate of drug-likeness (QED) is 0.727.